The second-order valence-electron chi connectivity index (χ2n) is 7.42. The van der Waals surface area contributed by atoms with E-state index in [2.05, 4.69) is 26.8 Å². The predicted octanol–water partition coefficient (Wildman–Crippen LogP) is 4.10. The highest BCUT2D eigenvalue weighted by Crippen LogP contribution is 2.43. The molecular weight excluding hydrogens is 332 g/mol. The van der Waals surface area contributed by atoms with Gasteiger partial charge in [-0.3, -0.25) is 4.79 Å². The molecule has 2 aromatic rings. The lowest BCUT2D eigenvalue weighted by Crippen LogP contribution is -2.44. The first-order chi connectivity index (χ1) is 12.3. The second kappa shape index (κ2) is 6.98. The first kappa shape index (κ1) is 18.2. The van der Waals surface area contributed by atoms with Crippen molar-refractivity contribution >= 4 is 16.9 Å². The van der Waals surface area contributed by atoms with Gasteiger partial charge in [-0.15, -0.1) is 0 Å². The van der Waals surface area contributed by atoms with E-state index in [0.717, 1.165) is 11.8 Å². The van der Waals surface area contributed by atoms with Crippen molar-refractivity contribution in [3.63, 3.8) is 0 Å². The topological polar surface area (TPSA) is 65.7 Å². The normalized spacial score (nSPS) is 21.9. The fraction of sp³-hybridized carbons (Fsp3) is 0.429. The van der Waals surface area contributed by atoms with E-state index in [9.17, 15) is 9.59 Å². The van der Waals surface area contributed by atoms with Crippen molar-refractivity contribution in [3.05, 3.63) is 52.4 Å². The maximum absolute atomic E-state index is 11.4. The Labute approximate surface area is 152 Å². The van der Waals surface area contributed by atoms with Crippen LogP contribution in [0.5, 0.6) is 5.75 Å². The molecule has 0 amide bonds. The van der Waals surface area contributed by atoms with Gasteiger partial charge < -0.3 is 13.9 Å². The van der Waals surface area contributed by atoms with Crippen LogP contribution >= 0.6 is 0 Å². The summed E-state index contributed by atoms with van der Waals surface area (Å²) >= 11 is 0. The molecule has 2 atom stereocenters. The molecule has 0 fully saturated rings. The largest absolute Gasteiger partial charge is 0.493 e. The van der Waals surface area contributed by atoms with Gasteiger partial charge in [-0.2, -0.15) is 0 Å². The van der Waals surface area contributed by atoms with Crippen molar-refractivity contribution in [2.45, 2.75) is 40.2 Å². The molecule has 1 aliphatic rings. The van der Waals surface area contributed by atoms with Gasteiger partial charge >= 0.3 is 11.6 Å². The number of rotatable bonds is 4. The zero-order valence-electron chi connectivity index (χ0n) is 15.6. The minimum atomic E-state index is -0.383. The third-order valence-electron chi connectivity index (χ3n) is 5.25. The fourth-order valence-electron chi connectivity index (χ4n) is 3.61. The molecule has 5 nitrogen and oxygen atoms in total. The van der Waals surface area contributed by atoms with Crippen LogP contribution in [0.1, 0.15) is 34.1 Å². The third kappa shape index (κ3) is 3.66. The number of hydrogen-bond acceptors (Lipinski definition) is 5. The summed E-state index contributed by atoms with van der Waals surface area (Å²) in [5, 5.41) is 0.848. The fourth-order valence-corrected chi connectivity index (χ4v) is 3.61. The van der Waals surface area contributed by atoms with Gasteiger partial charge in [0.05, 0.1) is 6.61 Å². The summed E-state index contributed by atoms with van der Waals surface area (Å²) in [7, 11) is 0. The van der Waals surface area contributed by atoms with Crippen LogP contribution in [0.2, 0.25) is 0 Å². The maximum atomic E-state index is 11.4. The van der Waals surface area contributed by atoms with E-state index < -0.39 is 0 Å². The van der Waals surface area contributed by atoms with Crippen molar-refractivity contribution in [3.8, 4) is 5.75 Å². The summed E-state index contributed by atoms with van der Waals surface area (Å²) in [6, 6.07) is 8.59. The number of hydrogen-bond donors (Lipinski definition) is 0. The molecule has 1 aliphatic carbocycles. The van der Waals surface area contributed by atoms with Crippen LogP contribution in [0.25, 0.3) is 11.0 Å². The summed E-state index contributed by atoms with van der Waals surface area (Å²) in [5.41, 5.74) is 1.10. The van der Waals surface area contributed by atoms with Crippen LogP contribution in [0.15, 0.2) is 51.2 Å². The molecule has 0 N–H and O–H groups in total. The van der Waals surface area contributed by atoms with Crippen LogP contribution < -0.4 is 10.4 Å². The average molecular weight is 356 g/mol. The maximum Gasteiger partial charge on any atom is 0.336 e. The number of esters is 1. The summed E-state index contributed by atoms with van der Waals surface area (Å²) < 4.78 is 16.7. The van der Waals surface area contributed by atoms with Crippen molar-refractivity contribution in [2.75, 3.05) is 6.61 Å². The number of carbonyl (C=O) groups is 1. The first-order valence-corrected chi connectivity index (χ1v) is 8.78. The van der Waals surface area contributed by atoms with E-state index >= 15 is 0 Å². The average Bonchev–Trinajstić information content (AvgIpc) is 2.56. The first-order valence-electron chi connectivity index (χ1n) is 8.78. The quantitative estimate of drug-likeness (QED) is 0.469. The van der Waals surface area contributed by atoms with Gasteiger partial charge in [-0.1, -0.05) is 25.5 Å². The molecule has 1 aromatic heterocycles. The highest BCUT2D eigenvalue weighted by Gasteiger charge is 2.42. The Morgan fingerprint density at radius 2 is 2.00 bits per heavy atom. The minimum absolute atomic E-state index is 0.110. The van der Waals surface area contributed by atoms with E-state index in [4.69, 9.17) is 13.9 Å². The summed E-state index contributed by atoms with van der Waals surface area (Å²) in [6.45, 7) is 8.18. The number of carbonyl (C=O) groups excluding carboxylic acids is 1. The Morgan fingerprint density at radius 3 is 2.73 bits per heavy atom. The smallest absolute Gasteiger partial charge is 0.336 e. The summed E-state index contributed by atoms with van der Waals surface area (Å²) in [5.74, 6) is 0.490. The minimum Gasteiger partial charge on any atom is -0.493 e. The van der Waals surface area contributed by atoms with Crippen LogP contribution in [0.3, 0.4) is 0 Å². The van der Waals surface area contributed by atoms with E-state index in [1.165, 1.54) is 18.6 Å². The highest BCUT2D eigenvalue weighted by molar-refractivity contribution is 5.77. The lowest BCUT2D eigenvalue weighted by molar-refractivity contribution is -0.155. The van der Waals surface area contributed by atoms with Crippen LogP contribution in [0, 0.1) is 11.3 Å². The molecule has 26 heavy (non-hydrogen) atoms. The molecule has 0 radical (unpaired) electrons. The van der Waals surface area contributed by atoms with Crippen LogP contribution in [-0.2, 0) is 9.53 Å². The van der Waals surface area contributed by atoms with E-state index in [0.29, 0.717) is 17.9 Å². The molecular formula is C21H24O5. The molecule has 1 heterocycles. The van der Waals surface area contributed by atoms with Crippen molar-refractivity contribution in [1.82, 2.24) is 0 Å². The molecule has 0 saturated heterocycles. The molecule has 0 bridgehead atoms. The van der Waals surface area contributed by atoms with Crippen molar-refractivity contribution < 1.29 is 18.7 Å². The monoisotopic (exact) mass is 356 g/mol. The number of benzene rings is 1. The van der Waals surface area contributed by atoms with Gasteiger partial charge in [-0.05, 0) is 25.1 Å². The molecule has 0 spiro atoms. The van der Waals surface area contributed by atoms with Crippen molar-refractivity contribution in [1.29, 1.82) is 0 Å². The lowest BCUT2D eigenvalue weighted by atomic mass is 9.67. The zero-order valence-corrected chi connectivity index (χ0v) is 15.6. The zero-order chi connectivity index (χ0) is 18.9. The molecule has 5 heteroatoms. The Morgan fingerprint density at radius 1 is 1.27 bits per heavy atom. The van der Waals surface area contributed by atoms with Gasteiger partial charge in [0.15, 0.2) is 0 Å². The summed E-state index contributed by atoms with van der Waals surface area (Å²) in [4.78, 5) is 22.8. The Hall–Kier alpha value is -2.56. The second-order valence-corrected chi connectivity index (χ2v) is 7.42. The van der Waals surface area contributed by atoms with Crippen LogP contribution in [0.4, 0.5) is 0 Å². The van der Waals surface area contributed by atoms with Crippen molar-refractivity contribution in [2.24, 2.45) is 11.3 Å². The number of fused-ring (bicyclic) bond motifs is 1. The molecule has 0 aliphatic heterocycles. The Bertz CT molecular complexity index is 906. The Kier molecular flexibility index (Phi) is 4.90. The van der Waals surface area contributed by atoms with Crippen LogP contribution in [-0.4, -0.2) is 18.7 Å². The number of ether oxygens (including phenoxy) is 2. The third-order valence-corrected chi connectivity index (χ3v) is 5.25. The highest BCUT2D eigenvalue weighted by atomic mass is 16.5. The standard InChI is InChI=1S/C21H24O5/c1-13-5-9-19(25-14(2)22)21(3,4)17(13)12-24-16-8-6-15-7-10-20(23)26-18(15)11-16/h5-8,10-11,17,19H,9,12H2,1-4H3/t17-,19-/m1/s1. The predicted molar refractivity (Wildman–Crippen MR) is 99.2 cm³/mol. The van der Waals surface area contributed by atoms with E-state index in [1.54, 1.807) is 12.1 Å². The molecule has 1 aromatic carbocycles. The van der Waals surface area contributed by atoms with E-state index in [1.807, 2.05) is 12.1 Å². The SMILES string of the molecule is CC(=O)O[C@@H]1CC=C(C)[C@@H](COc2ccc3ccc(=O)oc3c2)C1(C)C. The molecule has 3 rings (SSSR count). The van der Waals surface area contributed by atoms with Gasteiger partial charge in [-0.25, -0.2) is 4.79 Å². The van der Waals surface area contributed by atoms with Gasteiger partial charge in [0.2, 0.25) is 0 Å². The molecule has 138 valence electrons. The lowest BCUT2D eigenvalue weighted by Gasteiger charge is -2.43. The summed E-state index contributed by atoms with van der Waals surface area (Å²) in [6.07, 6.45) is 2.66. The van der Waals surface area contributed by atoms with E-state index in [-0.39, 0.29) is 29.0 Å². The van der Waals surface area contributed by atoms with Gasteiger partial charge in [0.1, 0.15) is 17.4 Å². The van der Waals surface area contributed by atoms with Gasteiger partial charge in [0.25, 0.3) is 0 Å². The Balaban J connectivity index is 1.79. The van der Waals surface area contributed by atoms with Gasteiger partial charge in [0, 0.05) is 42.2 Å². The molecule has 0 unspecified atom stereocenters. The molecule has 0 saturated carbocycles.